The normalized spacial score (nSPS) is 21.5. The molecule has 10 heteroatoms. The lowest BCUT2D eigenvalue weighted by atomic mass is 9.93. The van der Waals surface area contributed by atoms with E-state index in [4.69, 9.17) is 9.47 Å². The van der Waals surface area contributed by atoms with Gasteiger partial charge in [-0.2, -0.15) is 0 Å². The molecule has 3 aliphatic heterocycles. The summed E-state index contributed by atoms with van der Waals surface area (Å²) in [5.41, 5.74) is 2.02. The minimum absolute atomic E-state index is 0.0545. The summed E-state index contributed by atoms with van der Waals surface area (Å²) in [4.78, 5) is 47.0. The van der Waals surface area contributed by atoms with Crippen molar-refractivity contribution in [2.45, 2.75) is 59.1 Å². The molecule has 0 aliphatic carbocycles. The first-order valence-electron chi connectivity index (χ1n) is 12.5. The summed E-state index contributed by atoms with van der Waals surface area (Å²) < 4.78 is 25.0. The average molecular weight is 530 g/mol. The summed E-state index contributed by atoms with van der Waals surface area (Å²) in [7, 11) is 0. The van der Waals surface area contributed by atoms with Gasteiger partial charge in [-0.3, -0.25) is 9.59 Å². The summed E-state index contributed by atoms with van der Waals surface area (Å²) in [6.45, 7) is 8.22. The Bertz CT molecular complexity index is 1180. The molecule has 4 rings (SSSR count). The first-order valence-corrected chi connectivity index (χ1v) is 13.4. The van der Waals surface area contributed by atoms with E-state index in [1.807, 2.05) is 10.3 Å². The molecule has 198 valence electrons. The highest BCUT2D eigenvalue weighted by molar-refractivity contribution is 8.16. The third kappa shape index (κ3) is 5.89. The zero-order valence-electron chi connectivity index (χ0n) is 21.5. The number of ether oxygens (including phenoxy) is 2. The second-order valence-corrected chi connectivity index (χ2v) is 10.3. The lowest BCUT2D eigenvalue weighted by Gasteiger charge is -2.37. The summed E-state index contributed by atoms with van der Waals surface area (Å²) in [5.74, 6) is -1.69. The van der Waals surface area contributed by atoms with Crippen molar-refractivity contribution in [2.24, 2.45) is 10.9 Å². The average Bonchev–Trinajstić information content (AvgIpc) is 3.24. The van der Waals surface area contributed by atoms with E-state index in [1.54, 1.807) is 44.7 Å². The molecule has 0 radical (unpaired) electrons. The van der Waals surface area contributed by atoms with E-state index in [0.29, 0.717) is 53.8 Å². The van der Waals surface area contributed by atoms with E-state index in [-0.39, 0.29) is 30.3 Å². The van der Waals surface area contributed by atoms with Crippen molar-refractivity contribution in [2.75, 3.05) is 19.7 Å². The van der Waals surface area contributed by atoms with Gasteiger partial charge in [-0.05, 0) is 63.6 Å². The molecule has 0 N–H and O–H groups in total. The Balaban J connectivity index is 1.61. The van der Waals surface area contributed by atoms with E-state index < -0.39 is 17.8 Å². The van der Waals surface area contributed by atoms with Gasteiger partial charge in [-0.25, -0.2) is 14.2 Å². The highest BCUT2D eigenvalue weighted by atomic mass is 32.2. The zero-order chi connectivity index (χ0) is 26.7. The summed E-state index contributed by atoms with van der Waals surface area (Å²) >= 11 is 1.36. The highest BCUT2D eigenvalue weighted by Gasteiger charge is 2.42. The Morgan fingerprint density at radius 3 is 2.76 bits per heavy atom. The van der Waals surface area contributed by atoms with E-state index in [2.05, 4.69) is 4.99 Å². The number of benzene rings is 1. The number of esters is 2. The van der Waals surface area contributed by atoms with Crippen molar-refractivity contribution in [1.82, 2.24) is 9.80 Å². The Hall–Kier alpha value is -3.14. The molecule has 2 atom stereocenters. The number of rotatable bonds is 7. The number of hydrogen-bond acceptors (Lipinski definition) is 8. The van der Waals surface area contributed by atoms with Crippen LogP contribution in [0.25, 0.3) is 0 Å². The van der Waals surface area contributed by atoms with Crippen LogP contribution in [0.5, 0.6) is 0 Å². The molecule has 0 saturated carbocycles. The van der Waals surface area contributed by atoms with Crippen LogP contribution in [-0.4, -0.2) is 58.6 Å². The van der Waals surface area contributed by atoms with Gasteiger partial charge in [0.25, 0.3) is 0 Å². The summed E-state index contributed by atoms with van der Waals surface area (Å²) in [5, 5.41) is 2.46. The third-order valence-electron chi connectivity index (χ3n) is 6.45. The molecule has 1 saturated heterocycles. The Morgan fingerprint density at radius 2 is 2.05 bits per heavy atom. The molecular formula is C27H32FN3O5S. The fourth-order valence-electron chi connectivity index (χ4n) is 4.82. The van der Waals surface area contributed by atoms with Crippen LogP contribution in [0.3, 0.4) is 0 Å². The Labute approximate surface area is 220 Å². The molecule has 1 aromatic carbocycles. The maximum Gasteiger partial charge on any atom is 0.338 e. The third-order valence-corrected chi connectivity index (χ3v) is 7.34. The number of fused-ring (bicyclic) bond motifs is 1. The van der Waals surface area contributed by atoms with Gasteiger partial charge in [0.1, 0.15) is 5.82 Å². The fraction of sp³-hybridized carbons (Fsp3) is 0.481. The topological polar surface area (TPSA) is 88.5 Å². The van der Waals surface area contributed by atoms with Crippen molar-refractivity contribution >= 4 is 34.8 Å². The molecule has 1 aromatic rings. The van der Waals surface area contributed by atoms with Crippen molar-refractivity contribution in [3.8, 4) is 0 Å². The smallest absolute Gasteiger partial charge is 0.338 e. The number of thioether (sulfide) groups is 1. The first-order chi connectivity index (χ1) is 17.7. The van der Waals surface area contributed by atoms with Crippen molar-refractivity contribution in [3.63, 3.8) is 0 Å². The van der Waals surface area contributed by atoms with Crippen LogP contribution < -0.4 is 0 Å². The minimum atomic E-state index is -0.697. The van der Waals surface area contributed by atoms with E-state index >= 15 is 0 Å². The molecule has 0 unspecified atom stereocenters. The van der Waals surface area contributed by atoms with Crippen LogP contribution in [0.1, 0.15) is 58.6 Å². The number of halogens is 1. The van der Waals surface area contributed by atoms with E-state index in [1.165, 1.54) is 23.9 Å². The number of piperidine rings is 1. The van der Waals surface area contributed by atoms with Crippen LogP contribution in [0.4, 0.5) is 4.39 Å². The van der Waals surface area contributed by atoms with Gasteiger partial charge < -0.3 is 19.3 Å². The Kier molecular flexibility index (Phi) is 8.36. The van der Waals surface area contributed by atoms with Gasteiger partial charge in [0.05, 0.1) is 42.4 Å². The van der Waals surface area contributed by atoms with Crippen LogP contribution in [0, 0.1) is 11.7 Å². The number of amidine groups is 1. The van der Waals surface area contributed by atoms with Crippen molar-refractivity contribution in [3.05, 3.63) is 58.0 Å². The second kappa shape index (κ2) is 11.5. The predicted octanol–water partition coefficient (Wildman–Crippen LogP) is 4.54. The number of carbonyl (C=O) groups is 3. The SMILES string of the molecule is CCOC(=O)[C@@H]1CCCN(C(=O)CC2=CSC3=NC(C)=C(C(=O)OC(C)C)[C@@H](c4cccc(F)c4)N23)C1. The lowest BCUT2D eigenvalue weighted by Crippen LogP contribution is -2.44. The first kappa shape index (κ1) is 26.9. The molecule has 1 fully saturated rings. The van der Waals surface area contributed by atoms with Gasteiger partial charge in [0.15, 0.2) is 5.17 Å². The van der Waals surface area contributed by atoms with Gasteiger partial charge in [-0.1, -0.05) is 23.9 Å². The predicted molar refractivity (Wildman–Crippen MR) is 139 cm³/mol. The molecule has 37 heavy (non-hydrogen) atoms. The van der Waals surface area contributed by atoms with Gasteiger partial charge in [0, 0.05) is 18.8 Å². The highest BCUT2D eigenvalue weighted by Crippen LogP contribution is 2.45. The van der Waals surface area contributed by atoms with Crippen molar-refractivity contribution in [1.29, 1.82) is 0 Å². The van der Waals surface area contributed by atoms with Gasteiger partial charge >= 0.3 is 11.9 Å². The van der Waals surface area contributed by atoms with Crippen molar-refractivity contribution < 1.29 is 28.2 Å². The molecule has 0 aromatic heterocycles. The number of hydrogen-bond donors (Lipinski definition) is 0. The molecule has 0 bridgehead atoms. The minimum Gasteiger partial charge on any atom is -0.466 e. The van der Waals surface area contributed by atoms with Crippen LogP contribution in [-0.2, 0) is 23.9 Å². The number of likely N-dealkylation sites (tertiary alicyclic amines) is 1. The molecule has 1 amide bonds. The molecule has 3 heterocycles. The number of nitrogens with zero attached hydrogens (tertiary/aromatic N) is 3. The molecule has 0 spiro atoms. The zero-order valence-corrected chi connectivity index (χ0v) is 22.3. The second-order valence-electron chi connectivity index (χ2n) is 9.51. The molecule has 8 nitrogen and oxygen atoms in total. The van der Waals surface area contributed by atoms with Crippen LogP contribution >= 0.6 is 11.8 Å². The number of aliphatic imine (C=N–C) groups is 1. The molecule has 3 aliphatic rings. The number of carbonyl (C=O) groups excluding carboxylic acids is 3. The summed E-state index contributed by atoms with van der Waals surface area (Å²) in [6, 6.07) is 5.39. The van der Waals surface area contributed by atoms with E-state index in [0.717, 1.165) is 6.42 Å². The number of allylic oxidation sites excluding steroid dienone is 1. The van der Waals surface area contributed by atoms with Gasteiger partial charge in [-0.15, -0.1) is 0 Å². The quantitative estimate of drug-likeness (QED) is 0.479. The largest absolute Gasteiger partial charge is 0.466 e. The lowest BCUT2D eigenvalue weighted by molar-refractivity contribution is -0.151. The molecular weight excluding hydrogens is 497 g/mol. The van der Waals surface area contributed by atoms with Gasteiger partial charge in [0.2, 0.25) is 5.91 Å². The number of amides is 1. The maximum absolute atomic E-state index is 14.3. The van der Waals surface area contributed by atoms with E-state index in [9.17, 15) is 18.8 Å². The maximum atomic E-state index is 14.3. The summed E-state index contributed by atoms with van der Waals surface area (Å²) in [6.07, 6.45) is 1.12. The Morgan fingerprint density at radius 1 is 1.27 bits per heavy atom. The van der Waals surface area contributed by atoms with Crippen LogP contribution in [0.15, 0.2) is 51.6 Å². The standard InChI is InChI=1S/C27H32FN3O5S/c1-5-35-25(33)19-9-7-11-30(14-19)22(32)13-21-15-37-27-29-17(4)23(26(34)36-16(2)3)24(31(21)27)18-8-6-10-20(28)12-18/h6,8,10,12,15-16,19,24H,5,7,9,11,13-14H2,1-4H3/t19-,24-/m1/s1. The fourth-order valence-corrected chi connectivity index (χ4v) is 5.79. The monoisotopic (exact) mass is 529 g/mol. The van der Waals surface area contributed by atoms with Crippen LogP contribution in [0.2, 0.25) is 0 Å².